The second-order valence-electron chi connectivity index (χ2n) is 11.3. The molecule has 0 fully saturated rings. The fourth-order valence-electron chi connectivity index (χ4n) is 3.73. The molecule has 0 aromatic carbocycles. The van der Waals surface area contributed by atoms with Crippen LogP contribution < -0.4 is 0 Å². The Bertz CT molecular complexity index is 454. The SMILES string of the molecule is CC(COC(=O)CC(CO)(CO)CC(=O)OCC(C)CC(C)(C)C)CC(C)(C)C. The summed E-state index contributed by atoms with van der Waals surface area (Å²) in [4.78, 5) is 24.5. The van der Waals surface area contributed by atoms with E-state index in [9.17, 15) is 19.8 Å². The van der Waals surface area contributed by atoms with Gasteiger partial charge in [-0.05, 0) is 35.5 Å². The lowest BCUT2D eigenvalue weighted by Crippen LogP contribution is -2.36. The van der Waals surface area contributed by atoms with Gasteiger partial charge in [0, 0.05) is 5.41 Å². The number of aliphatic hydroxyl groups is 2. The van der Waals surface area contributed by atoms with Crippen LogP contribution in [0.2, 0.25) is 0 Å². The Kier molecular flexibility index (Phi) is 11.4. The summed E-state index contributed by atoms with van der Waals surface area (Å²) in [5.74, 6) is -0.651. The largest absolute Gasteiger partial charge is 0.465 e. The van der Waals surface area contributed by atoms with E-state index in [1.807, 2.05) is 13.8 Å². The van der Waals surface area contributed by atoms with E-state index < -0.39 is 30.6 Å². The summed E-state index contributed by atoms with van der Waals surface area (Å²) in [7, 11) is 0. The molecule has 2 atom stereocenters. The van der Waals surface area contributed by atoms with Gasteiger partial charge in [-0.25, -0.2) is 0 Å². The van der Waals surface area contributed by atoms with Crippen molar-refractivity contribution in [3.8, 4) is 0 Å². The van der Waals surface area contributed by atoms with Crippen LogP contribution in [0.25, 0.3) is 0 Å². The Morgan fingerprint density at radius 1 is 0.724 bits per heavy atom. The Hall–Kier alpha value is -1.14. The molecule has 0 heterocycles. The summed E-state index contributed by atoms with van der Waals surface area (Å²) in [6.45, 7) is 16.3. The van der Waals surface area contributed by atoms with Gasteiger partial charge >= 0.3 is 11.9 Å². The molecule has 0 aliphatic rings. The highest BCUT2D eigenvalue weighted by Gasteiger charge is 2.36. The topological polar surface area (TPSA) is 93.1 Å². The zero-order chi connectivity index (χ0) is 22.9. The predicted octanol–water partition coefficient (Wildman–Crippen LogP) is 3.97. The van der Waals surface area contributed by atoms with Crippen LogP contribution in [-0.2, 0) is 19.1 Å². The van der Waals surface area contributed by atoms with E-state index in [0.29, 0.717) is 0 Å². The van der Waals surface area contributed by atoms with E-state index in [4.69, 9.17) is 9.47 Å². The number of hydrogen-bond donors (Lipinski definition) is 2. The number of ether oxygens (including phenoxy) is 2. The van der Waals surface area contributed by atoms with Crippen molar-refractivity contribution in [1.82, 2.24) is 0 Å². The first-order chi connectivity index (χ1) is 13.1. The van der Waals surface area contributed by atoms with Crippen molar-refractivity contribution in [3.63, 3.8) is 0 Å². The Morgan fingerprint density at radius 2 is 1.03 bits per heavy atom. The fourth-order valence-corrected chi connectivity index (χ4v) is 3.73. The number of hydrogen-bond acceptors (Lipinski definition) is 6. The van der Waals surface area contributed by atoms with Crippen LogP contribution in [0.3, 0.4) is 0 Å². The number of carbonyl (C=O) groups is 2. The highest BCUT2D eigenvalue weighted by atomic mass is 16.5. The van der Waals surface area contributed by atoms with E-state index in [2.05, 4.69) is 41.5 Å². The summed E-state index contributed by atoms with van der Waals surface area (Å²) < 4.78 is 10.7. The summed E-state index contributed by atoms with van der Waals surface area (Å²) >= 11 is 0. The molecule has 0 spiro atoms. The molecule has 0 saturated heterocycles. The van der Waals surface area contributed by atoms with Gasteiger partial charge in [-0.1, -0.05) is 55.4 Å². The van der Waals surface area contributed by atoms with Gasteiger partial charge in [0.1, 0.15) is 0 Å². The molecular formula is C23H44O6. The first-order valence-corrected chi connectivity index (χ1v) is 10.6. The molecule has 0 aromatic heterocycles. The average molecular weight is 417 g/mol. The average Bonchev–Trinajstić information content (AvgIpc) is 2.54. The standard InChI is InChI=1S/C23H44O6/c1-17(9-21(3,4)5)13-28-19(26)11-23(15-24,16-25)12-20(27)29-14-18(2)10-22(6,7)8/h17-18,24-25H,9-16H2,1-8H3. The third-order valence-electron chi connectivity index (χ3n) is 4.69. The highest BCUT2D eigenvalue weighted by Crippen LogP contribution is 2.29. The van der Waals surface area contributed by atoms with Gasteiger partial charge in [-0.2, -0.15) is 0 Å². The van der Waals surface area contributed by atoms with Gasteiger partial charge in [0.15, 0.2) is 0 Å². The zero-order valence-electron chi connectivity index (χ0n) is 19.8. The first-order valence-electron chi connectivity index (χ1n) is 10.6. The third-order valence-corrected chi connectivity index (χ3v) is 4.69. The monoisotopic (exact) mass is 416 g/mol. The maximum Gasteiger partial charge on any atom is 0.306 e. The maximum atomic E-state index is 12.3. The van der Waals surface area contributed by atoms with Crippen molar-refractivity contribution in [3.05, 3.63) is 0 Å². The van der Waals surface area contributed by atoms with Crippen LogP contribution in [0.4, 0.5) is 0 Å². The number of rotatable bonds is 12. The van der Waals surface area contributed by atoms with Crippen molar-refractivity contribution in [2.24, 2.45) is 28.1 Å². The normalized spacial score (nSPS) is 15.0. The van der Waals surface area contributed by atoms with Crippen molar-refractivity contribution < 1.29 is 29.3 Å². The molecular weight excluding hydrogens is 372 g/mol. The first kappa shape index (κ1) is 27.9. The van der Waals surface area contributed by atoms with E-state index in [-0.39, 0.29) is 48.7 Å². The van der Waals surface area contributed by atoms with Crippen LogP contribution in [-0.4, -0.2) is 48.6 Å². The van der Waals surface area contributed by atoms with Crippen LogP contribution >= 0.6 is 0 Å². The molecule has 2 N–H and O–H groups in total. The van der Waals surface area contributed by atoms with E-state index in [0.717, 1.165) is 12.8 Å². The molecule has 0 bridgehead atoms. The molecule has 0 rings (SSSR count). The van der Waals surface area contributed by atoms with Gasteiger partial charge in [-0.15, -0.1) is 0 Å². The summed E-state index contributed by atoms with van der Waals surface area (Å²) in [5.41, 5.74) is -0.992. The minimum atomic E-state index is -1.27. The lowest BCUT2D eigenvalue weighted by atomic mass is 9.82. The molecule has 0 aliphatic carbocycles. The predicted molar refractivity (Wildman–Crippen MR) is 114 cm³/mol. The van der Waals surface area contributed by atoms with Crippen LogP contribution in [0.15, 0.2) is 0 Å². The molecule has 172 valence electrons. The lowest BCUT2D eigenvalue weighted by molar-refractivity contribution is -0.155. The molecule has 0 saturated carbocycles. The summed E-state index contributed by atoms with van der Waals surface area (Å²) in [6.07, 6.45) is 1.36. The molecule has 0 aliphatic heterocycles. The maximum absolute atomic E-state index is 12.3. The summed E-state index contributed by atoms with van der Waals surface area (Å²) in [5, 5.41) is 19.5. The third kappa shape index (κ3) is 13.7. The van der Waals surface area contributed by atoms with Gasteiger partial charge in [-0.3, -0.25) is 9.59 Å². The molecule has 6 nitrogen and oxygen atoms in total. The molecule has 0 amide bonds. The fraction of sp³-hybridized carbons (Fsp3) is 0.913. The summed E-state index contributed by atoms with van der Waals surface area (Å²) in [6, 6.07) is 0. The molecule has 0 radical (unpaired) electrons. The molecule has 6 heteroatoms. The molecule has 0 aromatic rings. The van der Waals surface area contributed by atoms with Crippen LogP contribution in [0.1, 0.15) is 81.1 Å². The van der Waals surface area contributed by atoms with Gasteiger partial charge in [0.05, 0.1) is 39.3 Å². The van der Waals surface area contributed by atoms with Crippen LogP contribution in [0.5, 0.6) is 0 Å². The number of aliphatic hydroxyl groups excluding tert-OH is 2. The minimum absolute atomic E-state index is 0.139. The van der Waals surface area contributed by atoms with Crippen LogP contribution in [0, 0.1) is 28.1 Å². The zero-order valence-corrected chi connectivity index (χ0v) is 19.8. The van der Waals surface area contributed by atoms with E-state index >= 15 is 0 Å². The lowest BCUT2D eigenvalue weighted by Gasteiger charge is -2.29. The minimum Gasteiger partial charge on any atom is -0.465 e. The highest BCUT2D eigenvalue weighted by molar-refractivity contribution is 5.74. The van der Waals surface area contributed by atoms with Gasteiger partial charge in [0.25, 0.3) is 0 Å². The Labute approximate surface area is 177 Å². The molecule has 29 heavy (non-hydrogen) atoms. The quantitative estimate of drug-likeness (QED) is 0.468. The molecule has 2 unspecified atom stereocenters. The van der Waals surface area contributed by atoms with E-state index in [1.54, 1.807) is 0 Å². The van der Waals surface area contributed by atoms with Crippen molar-refractivity contribution in [1.29, 1.82) is 0 Å². The van der Waals surface area contributed by atoms with Gasteiger partial charge < -0.3 is 19.7 Å². The second-order valence-corrected chi connectivity index (χ2v) is 11.3. The van der Waals surface area contributed by atoms with E-state index in [1.165, 1.54) is 0 Å². The Morgan fingerprint density at radius 3 is 1.28 bits per heavy atom. The number of carbonyl (C=O) groups excluding carboxylic acids is 2. The van der Waals surface area contributed by atoms with Crippen molar-refractivity contribution in [2.75, 3.05) is 26.4 Å². The second kappa shape index (κ2) is 11.9. The number of esters is 2. The Balaban J connectivity index is 4.64. The smallest absolute Gasteiger partial charge is 0.306 e. The van der Waals surface area contributed by atoms with Gasteiger partial charge in [0.2, 0.25) is 0 Å². The van der Waals surface area contributed by atoms with Crippen molar-refractivity contribution in [2.45, 2.75) is 81.1 Å². The van der Waals surface area contributed by atoms with Crippen molar-refractivity contribution >= 4 is 11.9 Å².